The largest absolute Gasteiger partial charge is 0.453 e. The summed E-state index contributed by atoms with van der Waals surface area (Å²) in [5.41, 5.74) is 4.03. The molecule has 0 radical (unpaired) electrons. The van der Waals surface area contributed by atoms with Crippen molar-refractivity contribution in [2.75, 3.05) is 27.7 Å². The third-order valence-electron chi connectivity index (χ3n) is 8.43. The van der Waals surface area contributed by atoms with Gasteiger partial charge in [0.1, 0.15) is 17.7 Å². The highest BCUT2D eigenvalue weighted by atomic mass is 16.5. The number of nitrogens with zero attached hydrogens (tertiary/aromatic N) is 3. The van der Waals surface area contributed by atoms with E-state index in [0.29, 0.717) is 46.4 Å². The van der Waals surface area contributed by atoms with Crippen molar-refractivity contribution >= 4 is 23.7 Å². The fraction of sp³-hybridized carbons (Fsp3) is 0.459. The van der Waals surface area contributed by atoms with Crippen molar-refractivity contribution in [3.63, 3.8) is 0 Å². The van der Waals surface area contributed by atoms with E-state index in [-0.39, 0.29) is 17.9 Å². The van der Waals surface area contributed by atoms with Gasteiger partial charge in [0, 0.05) is 38.0 Å². The minimum atomic E-state index is -0.712. The van der Waals surface area contributed by atoms with Crippen LogP contribution >= 0.6 is 0 Å². The van der Waals surface area contributed by atoms with Gasteiger partial charge in [-0.3, -0.25) is 14.8 Å². The Morgan fingerprint density at radius 2 is 1.26 bits per heavy atom. The zero-order chi connectivity index (χ0) is 34.4. The lowest BCUT2D eigenvalue weighted by atomic mass is 9.88. The highest BCUT2D eigenvalue weighted by molar-refractivity contribution is 5.95. The van der Waals surface area contributed by atoms with Crippen LogP contribution in [0.5, 0.6) is 0 Å². The van der Waals surface area contributed by atoms with Crippen molar-refractivity contribution in [1.29, 1.82) is 0 Å². The highest BCUT2D eigenvalue weighted by Gasteiger charge is 2.37. The number of carbonyl (C=O) groups excluding carboxylic acids is 2. The summed E-state index contributed by atoms with van der Waals surface area (Å²) in [5, 5.41) is 9.29. The predicted molar refractivity (Wildman–Crippen MR) is 192 cm³/mol. The molecule has 2 unspecified atom stereocenters. The first-order chi connectivity index (χ1) is 21.8. The van der Waals surface area contributed by atoms with Crippen LogP contribution in [0.2, 0.25) is 0 Å². The maximum absolute atomic E-state index is 13.5. The zero-order valence-corrected chi connectivity index (χ0v) is 28.6. The number of ether oxygens (including phenoxy) is 1. The molecule has 1 saturated heterocycles. The molecule has 2 aliphatic rings. The summed E-state index contributed by atoms with van der Waals surface area (Å²) in [6, 6.07) is -0.998. The highest BCUT2D eigenvalue weighted by Crippen LogP contribution is 2.25. The quantitative estimate of drug-likeness (QED) is 0.115. The van der Waals surface area contributed by atoms with Gasteiger partial charge in [-0.1, -0.05) is 96.9 Å². The van der Waals surface area contributed by atoms with E-state index in [1.54, 1.807) is 18.0 Å². The average molecular weight is 631 g/mol. The Bertz CT molecular complexity index is 1330. The van der Waals surface area contributed by atoms with Crippen LogP contribution in [0, 0.1) is 11.8 Å². The van der Waals surface area contributed by atoms with Gasteiger partial charge in [-0.05, 0) is 53.9 Å². The van der Waals surface area contributed by atoms with Crippen LogP contribution in [0.1, 0.15) is 58.8 Å². The Balaban J connectivity index is 1.96. The standard InChI is InChI=1S/C37H54N6O3/c1-24(2)33(42-37(45)46-11)36(44)43-23-15-18-32(43)35(39-10)41-30(8)28(6)22-20-26(4)25(3)19-21-27(5)29(7)40-34(38-9)31-16-13-12-14-17-31/h19-22,24,31-33H,3-8,12-18,23H2,1-2,9-11H3,(H,38,40)(H,39,41)(H,42,45)/b21-19-,22-20-. The van der Waals surface area contributed by atoms with Crippen LogP contribution < -0.4 is 16.0 Å². The number of hydrogen-bond acceptors (Lipinski definition) is 5. The second kappa shape index (κ2) is 18.5. The maximum Gasteiger partial charge on any atom is 0.407 e. The molecule has 3 N–H and O–H groups in total. The molecule has 2 fully saturated rings. The topological polar surface area (TPSA) is 107 Å². The van der Waals surface area contributed by atoms with Crippen molar-refractivity contribution in [3.8, 4) is 0 Å². The molecule has 2 amide bonds. The molecule has 9 nitrogen and oxygen atoms in total. The number of hydrogen-bond donors (Lipinski definition) is 3. The number of amidine groups is 2. The second-order valence-electron chi connectivity index (χ2n) is 12.1. The van der Waals surface area contributed by atoms with E-state index < -0.39 is 12.1 Å². The van der Waals surface area contributed by atoms with Gasteiger partial charge < -0.3 is 25.6 Å². The molecule has 1 aliphatic carbocycles. The van der Waals surface area contributed by atoms with E-state index in [2.05, 4.69) is 65.4 Å². The Kier molecular flexibility index (Phi) is 15.2. The Hall–Kier alpha value is -4.40. The first kappa shape index (κ1) is 37.8. The molecule has 0 aromatic carbocycles. The number of rotatable bonds is 14. The predicted octanol–water partition coefficient (Wildman–Crippen LogP) is 6.54. The van der Waals surface area contributed by atoms with E-state index in [0.717, 1.165) is 37.1 Å². The lowest BCUT2D eigenvalue weighted by Crippen LogP contribution is -2.55. The summed E-state index contributed by atoms with van der Waals surface area (Å²) in [7, 11) is 4.76. The zero-order valence-electron chi connectivity index (χ0n) is 28.6. The van der Waals surface area contributed by atoms with Gasteiger partial charge >= 0.3 is 6.09 Å². The van der Waals surface area contributed by atoms with Crippen molar-refractivity contribution in [1.82, 2.24) is 20.9 Å². The number of nitrogens with one attached hydrogen (secondary N) is 3. The van der Waals surface area contributed by atoms with Crippen LogP contribution in [0.3, 0.4) is 0 Å². The lowest BCUT2D eigenvalue weighted by Gasteiger charge is -2.31. The molecule has 1 saturated carbocycles. The van der Waals surface area contributed by atoms with E-state index in [4.69, 9.17) is 4.74 Å². The van der Waals surface area contributed by atoms with Crippen molar-refractivity contribution < 1.29 is 14.3 Å². The first-order valence-electron chi connectivity index (χ1n) is 16.0. The number of likely N-dealkylation sites (tertiary alicyclic amines) is 1. The average Bonchev–Trinajstić information content (AvgIpc) is 3.55. The van der Waals surface area contributed by atoms with E-state index in [1.165, 1.54) is 26.4 Å². The molecule has 0 aromatic heterocycles. The number of carbonyl (C=O) groups is 2. The summed E-state index contributed by atoms with van der Waals surface area (Å²) in [4.78, 5) is 36.0. The third-order valence-corrected chi connectivity index (χ3v) is 8.43. The number of amides is 2. The number of alkyl carbamates (subject to hydrolysis) is 1. The third kappa shape index (κ3) is 10.9. The Labute approximate surface area is 276 Å². The normalized spacial score (nSPS) is 18.4. The Morgan fingerprint density at radius 3 is 1.74 bits per heavy atom. The lowest BCUT2D eigenvalue weighted by molar-refractivity contribution is -0.134. The summed E-state index contributed by atoms with van der Waals surface area (Å²) in [6.07, 6.45) is 14.3. The molecule has 2 atom stereocenters. The molecule has 0 spiro atoms. The van der Waals surface area contributed by atoms with Gasteiger partial charge in [0.25, 0.3) is 0 Å². The first-order valence-corrected chi connectivity index (χ1v) is 16.0. The smallest absolute Gasteiger partial charge is 0.407 e. The number of allylic oxidation sites excluding steroid dienone is 6. The molecule has 1 heterocycles. The minimum Gasteiger partial charge on any atom is -0.453 e. The summed E-state index contributed by atoms with van der Waals surface area (Å²) in [5.74, 6) is 1.71. The van der Waals surface area contributed by atoms with Crippen LogP contribution in [-0.4, -0.2) is 68.4 Å². The number of methoxy groups -OCH3 is 1. The molecule has 2 rings (SSSR count). The van der Waals surface area contributed by atoms with Gasteiger partial charge in [-0.15, -0.1) is 0 Å². The van der Waals surface area contributed by atoms with Crippen LogP contribution in [0.15, 0.2) is 107 Å². The van der Waals surface area contributed by atoms with Gasteiger partial charge in [0.15, 0.2) is 0 Å². The molecule has 250 valence electrons. The van der Waals surface area contributed by atoms with Crippen LogP contribution in [-0.2, 0) is 9.53 Å². The molecule has 0 bridgehead atoms. The van der Waals surface area contributed by atoms with E-state index in [9.17, 15) is 9.59 Å². The molecule has 46 heavy (non-hydrogen) atoms. The Morgan fingerprint density at radius 1 is 0.761 bits per heavy atom. The molecule has 1 aliphatic heterocycles. The van der Waals surface area contributed by atoms with Crippen molar-refractivity contribution in [2.45, 2.75) is 70.9 Å². The fourth-order valence-electron chi connectivity index (χ4n) is 5.49. The fourth-order valence-corrected chi connectivity index (χ4v) is 5.49. The molecule has 9 heteroatoms. The van der Waals surface area contributed by atoms with Crippen LogP contribution in [0.25, 0.3) is 0 Å². The van der Waals surface area contributed by atoms with E-state index >= 15 is 0 Å². The van der Waals surface area contributed by atoms with Gasteiger partial charge in [0.2, 0.25) is 5.91 Å². The summed E-state index contributed by atoms with van der Waals surface area (Å²) in [6.45, 7) is 29.2. The van der Waals surface area contributed by atoms with E-state index in [1.807, 2.05) is 39.1 Å². The SMILES string of the molecule is C=C(/C=C\C(=C)C(=C)NC(=NC)C1CCCCC1)C(=C)/C=C\C(=C)C(=C)NC(=NC)C1CCCN1C(=O)C(NC(=O)OC)C(C)C. The van der Waals surface area contributed by atoms with Gasteiger partial charge in [-0.2, -0.15) is 0 Å². The minimum absolute atomic E-state index is 0.122. The molecular formula is C37H54N6O3. The molecular weight excluding hydrogens is 576 g/mol. The van der Waals surface area contributed by atoms with Crippen molar-refractivity contribution in [2.24, 2.45) is 21.8 Å². The summed E-state index contributed by atoms with van der Waals surface area (Å²) >= 11 is 0. The van der Waals surface area contributed by atoms with Gasteiger partial charge in [-0.25, -0.2) is 4.79 Å². The van der Waals surface area contributed by atoms with Crippen LogP contribution in [0.4, 0.5) is 4.79 Å². The molecule has 0 aromatic rings. The second-order valence-corrected chi connectivity index (χ2v) is 12.1. The number of aliphatic imine (C=N–C) groups is 2. The monoisotopic (exact) mass is 630 g/mol. The maximum atomic E-state index is 13.5. The van der Waals surface area contributed by atoms with Crippen molar-refractivity contribution in [3.05, 3.63) is 97.5 Å². The summed E-state index contributed by atoms with van der Waals surface area (Å²) < 4.78 is 4.73. The van der Waals surface area contributed by atoms with Gasteiger partial charge in [0.05, 0.1) is 13.2 Å².